The molecule has 0 aliphatic rings. The van der Waals surface area contributed by atoms with Crippen molar-refractivity contribution in [1.82, 2.24) is 0 Å². The summed E-state index contributed by atoms with van der Waals surface area (Å²) >= 11 is 1.70. The van der Waals surface area contributed by atoms with E-state index in [9.17, 15) is 4.79 Å². The molecular weight excluding hydrogens is 244 g/mol. The maximum absolute atomic E-state index is 10.9. The maximum atomic E-state index is 10.9. The van der Waals surface area contributed by atoms with Crippen molar-refractivity contribution in [3.05, 3.63) is 59.5 Å². The van der Waals surface area contributed by atoms with E-state index in [1.807, 2.05) is 29.6 Å². The number of aromatic carboxylic acids is 1. The summed E-state index contributed by atoms with van der Waals surface area (Å²) in [6.07, 6.45) is 0. The molecule has 0 saturated carbocycles. The van der Waals surface area contributed by atoms with Crippen molar-refractivity contribution in [2.45, 2.75) is 0 Å². The first-order valence-corrected chi connectivity index (χ1v) is 6.43. The number of thiophene rings is 1. The Labute approximate surface area is 108 Å². The Balaban J connectivity index is 2.14. The van der Waals surface area contributed by atoms with Crippen LogP contribution in [0.3, 0.4) is 0 Å². The number of carboxylic acids is 1. The van der Waals surface area contributed by atoms with Gasteiger partial charge in [-0.25, -0.2) is 4.79 Å². The average Bonchev–Trinajstić information content (AvgIpc) is 2.91. The van der Waals surface area contributed by atoms with E-state index in [0.717, 1.165) is 10.8 Å². The number of hydrogen-bond donors (Lipinski definition) is 1. The second kappa shape index (κ2) is 4.27. The molecule has 88 valence electrons. The Morgan fingerprint density at radius 1 is 1.00 bits per heavy atom. The lowest BCUT2D eigenvalue weighted by Gasteiger charge is -2.03. The van der Waals surface area contributed by atoms with Gasteiger partial charge in [0.05, 0.1) is 5.56 Å². The minimum atomic E-state index is -0.890. The zero-order valence-corrected chi connectivity index (χ0v) is 10.3. The molecule has 3 aromatic rings. The molecule has 0 radical (unpaired) electrons. The molecule has 0 bridgehead atoms. The van der Waals surface area contributed by atoms with Crippen molar-refractivity contribution in [1.29, 1.82) is 0 Å². The first kappa shape index (κ1) is 11.0. The van der Waals surface area contributed by atoms with Crippen LogP contribution in [0.2, 0.25) is 0 Å². The van der Waals surface area contributed by atoms with Crippen LogP contribution in [0.5, 0.6) is 0 Å². The molecule has 18 heavy (non-hydrogen) atoms. The van der Waals surface area contributed by atoms with E-state index in [1.54, 1.807) is 23.5 Å². The quantitative estimate of drug-likeness (QED) is 0.741. The zero-order chi connectivity index (χ0) is 12.5. The second-order valence-electron chi connectivity index (χ2n) is 4.06. The highest BCUT2D eigenvalue weighted by Gasteiger charge is 2.05. The third-order valence-electron chi connectivity index (χ3n) is 2.89. The van der Waals surface area contributed by atoms with Crippen LogP contribution in [-0.4, -0.2) is 11.1 Å². The molecule has 1 N–H and O–H groups in total. The van der Waals surface area contributed by atoms with Gasteiger partial charge in [0.15, 0.2) is 0 Å². The lowest BCUT2D eigenvalue weighted by atomic mass is 10.0. The predicted octanol–water partition coefficient (Wildman–Crippen LogP) is 4.27. The average molecular weight is 254 g/mol. The van der Waals surface area contributed by atoms with Gasteiger partial charge in [0.25, 0.3) is 0 Å². The highest BCUT2D eigenvalue weighted by atomic mass is 32.1. The number of hydrogen-bond acceptors (Lipinski definition) is 2. The predicted molar refractivity (Wildman–Crippen MR) is 74.2 cm³/mol. The third kappa shape index (κ3) is 1.89. The Kier molecular flexibility index (Phi) is 2.61. The number of rotatable bonds is 2. The van der Waals surface area contributed by atoms with Crippen LogP contribution in [0.4, 0.5) is 0 Å². The van der Waals surface area contributed by atoms with Gasteiger partial charge in [-0.05, 0) is 46.0 Å². The minimum absolute atomic E-state index is 0.325. The maximum Gasteiger partial charge on any atom is 0.335 e. The van der Waals surface area contributed by atoms with E-state index in [4.69, 9.17) is 5.11 Å². The van der Waals surface area contributed by atoms with Crippen LogP contribution in [0.25, 0.3) is 21.2 Å². The van der Waals surface area contributed by atoms with E-state index >= 15 is 0 Å². The Morgan fingerprint density at radius 3 is 2.50 bits per heavy atom. The van der Waals surface area contributed by atoms with Crippen LogP contribution in [0, 0.1) is 0 Å². The highest BCUT2D eigenvalue weighted by Crippen LogP contribution is 2.28. The van der Waals surface area contributed by atoms with Crippen molar-refractivity contribution < 1.29 is 9.90 Å². The summed E-state index contributed by atoms with van der Waals surface area (Å²) in [6.45, 7) is 0. The molecule has 3 rings (SSSR count). The first-order chi connectivity index (χ1) is 8.74. The molecule has 0 spiro atoms. The SMILES string of the molecule is O=C(O)c1ccc2cc(-c3cccs3)ccc2c1. The largest absolute Gasteiger partial charge is 0.478 e. The first-order valence-electron chi connectivity index (χ1n) is 5.55. The van der Waals surface area contributed by atoms with Crippen LogP contribution >= 0.6 is 11.3 Å². The summed E-state index contributed by atoms with van der Waals surface area (Å²) in [4.78, 5) is 12.1. The Hall–Kier alpha value is -2.13. The monoisotopic (exact) mass is 254 g/mol. The van der Waals surface area contributed by atoms with Gasteiger partial charge in [-0.1, -0.05) is 24.3 Å². The van der Waals surface area contributed by atoms with E-state index in [2.05, 4.69) is 12.1 Å². The number of carboxylic acid groups (broad SMARTS) is 1. The summed E-state index contributed by atoms with van der Waals surface area (Å²) in [5, 5.41) is 13.0. The molecule has 1 heterocycles. The smallest absolute Gasteiger partial charge is 0.335 e. The van der Waals surface area contributed by atoms with Gasteiger partial charge in [-0.2, -0.15) is 0 Å². The molecular formula is C15H10O2S. The number of benzene rings is 2. The number of fused-ring (bicyclic) bond motifs is 1. The zero-order valence-electron chi connectivity index (χ0n) is 9.46. The third-order valence-corrected chi connectivity index (χ3v) is 3.81. The van der Waals surface area contributed by atoms with Crippen molar-refractivity contribution in [2.24, 2.45) is 0 Å². The van der Waals surface area contributed by atoms with E-state index < -0.39 is 5.97 Å². The molecule has 2 aromatic carbocycles. The van der Waals surface area contributed by atoms with Gasteiger partial charge in [0.1, 0.15) is 0 Å². The molecule has 1 aromatic heterocycles. The van der Waals surface area contributed by atoms with Crippen molar-refractivity contribution >= 4 is 28.1 Å². The fraction of sp³-hybridized carbons (Fsp3) is 0. The summed E-state index contributed by atoms with van der Waals surface area (Å²) in [6, 6.07) is 15.4. The van der Waals surface area contributed by atoms with Crippen LogP contribution in [0.1, 0.15) is 10.4 Å². The summed E-state index contributed by atoms with van der Waals surface area (Å²) in [7, 11) is 0. The van der Waals surface area contributed by atoms with Gasteiger partial charge in [0.2, 0.25) is 0 Å². The topological polar surface area (TPSA) is 37.3 Å². The van der Waals surface area contributed by atoms with Crippen molar-refractivity contribution in [2.75, 3.05) is 0 Å². The van der Waals surface area contributed by atoms with Crippen molar-refractivity contribution in [3.8, 4) is 10.4 Å². The number of carbonyl (C=O) groups is 1. The van der Waals surface area contributed by atoms with Gasteiger partial charge in [0, 0.05) is 4.88 Å². The van der Waals surface area contributed by atoms with Gasteiger partial charge < -0.3 is 5.11 Å². The normalized spacial score (nSPS) is 10.7. The van der Waals surface area contributed by atoms with E-state index in [-0.39, 0.29) is 0 Å². The molecule has 3 heteroatoms. The lowest BCUT2D eigenvalue weighted by Crippen LogP contribution is -1.95. The molecule has 0 aliphatic heterocycles. The van der Waals surface area contributed by atoms with Gasteiger partial charge in [-0.15, -0.1) is 11.3 Å². The highest BCUT2D eigenvalue weighted by molar-refractivity contribution is 7.13. The summed E-state index contributed by atoms with van der Waals surface area (Å²) < 4.78 is 0. The molecule has 0 amide bonds. The van der Waals surface area contributed by atoms with Gasteiger partial charge >= 0.3 is 5.97 Å². The summed E-state index contributed by atoms with van der Waals surface area (Å²) in [5.74, 6) is -0.890. The fourth-order valence-corrected chi connectivity index (χ4v) is 2.70. The lowest BCUT2D eigenvalue weighted by molar-refractivity contribution is 0.0697. The van der Waals surface area contributed by atoms with Gasteiger partial charge in [-0.3, -0.25) is 0 Å². The molecule has 0 unspecified atom stereocenters. The Bertz CT molecular complexity index is 714. The molecule has 0 aliphatic carbocycles. The standard InChI is InChI=1S/C15H10O2S/c16-15(17)13-6-4-10-8-12(5-3-11(10)9-13)14-2-1-7-18-14/h1-9H,(H,16,17). The molecule has 0 atom stereocenters. The minimum Gasteiger partial charge on any atom is -0.478 e. The molecule has 2 nitrogen and oxygen atoms in total. The van der Waals surface area contributed by atoms with E-state index in [0.29, 0.717) is 5.56 Å². The van der Waals surface area contributed by atoms with Crippen LogP contribution < -0.4 is 0 Å². The summed E-state index contributed by atoms with van der Waals surface area (Å²) in [5.41, 5.74) is 1.49. The van der Waals surface area contributed by atoms with Crippen LogP contribution in [-0.2, 0) is 0 Å². The van der Waals surface area contributed by atoms with E-state index in [1.165, 1.54) is 10.4 Å². The molecule has 0 fully saturated rings. The Morgan fingerprint density at radius 2 is 1.78 bits per heavy atom. The van der Waals surface area contributed by atoms with Crippen LogP contribution in [0.15, 0.2) is 53.9 Å². The second-order valence-corrected chi connectivity index (χ2v) is 5.01. The molecule has 0 saturated heterocycles. The fourth-order valence-electron chi connectivity index (χ4n) is 1.97. The van der Waals surface area contributed by atoms with Crippen molar-refractivity contribution in [3.63, 3.8) is 0 Å².